The van der Waals surface area contributed by atoms with Crippen LogP contribution in [-0.4, -0.2) is 33.1 Å². The minimum absolute atomic E-state index is 0.0400. The summed E-state index contributed by atoms with van der Waals surface area (Å²) in [6.07, 6.45) is 8.99. The van der Waals surface area contributed by atoms with E-state index in [4.69, 9.17) is 0 Å². The lowest BCUT2D eigenvalue weighted by Crippen LogP contribution is -2.48. The van der Waals surface area contributed by atoms with Gasteiger partial charge in [0.05, 0.1) is 11.7 Å². The van der Waals surface area contributed by atoms with Gasteiger partial charge in [0.25, 0.3) is 5.91 Å². The van der Waals surface area contributed by atoms with Crippen molar-refractivity contribution >= 4 is 5.91 Å². The minimum Gasteiger partial charge on any atom is -0.393 e. The van der Waals surface area contributed by atoms with Crippen molar-refractivity contribution in [2.75, 3.05) is 0 Å². The van der Waals surface area contributed by atoms with Gasteiger partial charge in [-0.1, -0.05) is 0 Å². The number of aromatic nitrogens is 2. The Morgan fingerprint density at radius 2 is 2.14 bits per heavy atom. The lowest BCUT2D eigenvalue weighted by atomic mass is 9.75. The molecule has 1 aliphatic rings. The second kappa shape index (κ2) is 6.10. The zero-order chi connectivity index (χ0) is 14.7. The number of aliphatic hydroxyl groups excluding tert-OH is 1. The maximum atomic E-state index is 12.2. The number of pyridine rings is 1. The second-order valence-electron chi connectivity index (χ2n) is 5.62. The van der Waals surface area contributed by atoms with Crippen LogP contribution in [0.2, 0.25) is 0 Å². The van der Waals surface area contributed by atoms with E-state index >= 15 is 0 Å². The van der Waals surface area contributed by atoms with Crippen molar-refractivity contribution in [3.8, 4) is 0 Å². The largest absolute Gasteiger partial charge is 0.393 e. The van der Waals surface area contributed by atoms with E-state index in [0.717, 1.165) is 24.8 Å². The number of amides is 1. The van der Waals surface area contributed by atoms with Gasteiger partial charge in [0, 0.05) is 30.8 Å². The number of carbonyl (C=O) groups excluding carboxylic acids is 1. The average molecular weight is 285 g/mol. The molecule has 5 heteroatoms. The Balaban J connectivity index is 1.69. The highest BCUT2D eigenvalue weighted by Crippen LogP contribution is 2.31. The van der Waals surface area contributed by atoms with Crippen molar-refractivity contribution in [3.63, 3.8) is 0 Å². The topological polar surface area (TPSA) is 78.0 Å². The summed E-state index contributed by atoms with van der Waals surface area (Å²) in [6.45, 7) is 0. The Morgan fingerprint density at radius 1 is 1.38 bits per heavy atom. The van der Waals surface area contributed by atoms with E-state index in [1.165, 1.54) is 0 Å². The van der Waals surface area contributed by atoms with Crippen molar-refractivity contribution in [2.45, 2.75) is 31.4 Å². The third kappa shape index (κ3) is 3.31. The van der Waals surface area contributed by atoms with E-state index in [1.54, 1.807) is 30.9 Å². The van der Waals surface area contributed by atoms with Gasteiger partial charge in [-0.05, 0) is 48.9 Å². The van der Waals surface area contributed by atoms with E-state index in [-0.39, 0.29) is 18.1 Å². The number of aliphatic hydroxyl groups is 1. The van der Waals surface area contributed by atoms with E-state index in [1.807, 2.05) is 12.1 Å². The molecule has 1 atom stereocenters. The summed E-state index contributed by atoms with van der Waals surface area (Å²) in [5.74, 6) is 0.257. The first-order valence-electron chi connectivity index (χ1n) is 7.23. The van der Waals surface area contributed by atoms with Gasteiger partial charge in [-0.25, -0.2) is 0 Å². The fourth-order valence-corrected chi connectivity index (χ4v) is 2.78. The molecule has 1 saturated carbocycles. The van der Waals surface area contributed by atoms with E-state index < -0.39 is 0 Å². The molecular formula is C16H19N3O2. The summed E-state index contributed by atoms with van der Waals surface area (Å²) in [7, 11) is 0. The third-order valence-electron chi connectivity index (χ3n) is 4.10. The molecule has 2 aromatic heterocycles. The van der Waals surface area contributed by atoms with Crippen LogP contribution in [0.3, 0.4) is 0 Å². The highest BCUT2D eigenvalue weighted by molar-refractivity contribution is 5.94. The fourth-order valence-electron chi connectivity index (χ4n) is 2.78. The predicted molar refractivity (Wildman–Crippen MR) is 78.7 cm³/mol. The molecule has 5 nitrogen and oxygen atoms in total. The first kappa shape index (κ1) is 13.8. The van der Waals surface area contributed by atoms with Gasteiger partial charge < -0.3 is 15.4 Å². The van der Waals surface area contributed by atoms with Crippen LogP contribution in [0.1, 0.15) is 28.8 Å². The third-order valence-corrected chi connectivity index (χ3v) is 4.10. The maximum Gasteiger partial charge on any atom is 0.253 e. The molecule has 0 unspecified atom stereocenters. The first-order valence-corrected chi connectivity index (χ1v) is 7.23. The fraction of sp³-hybridized carbons (Fsp3) is 0.375. The van der Waals surface area contributed by atoms with Crippen LogP contribution in [0.4, 0.5) is 0 Å². The molecule has 0 aromatic carbocycles. The molecule has 1 aliphatic carbocycles. The molecule has 0 bridgehead atoms. The second-order valence-corrected chi connectivity index (χ2v) is 5.62. The molecule has 1 amide bonds. The molecule has 3 rings (SSSR count). The summed E-state index contributed by atoms with van der Waals surface area (Å²) < 4.78 is 0. The summed E-state index contributed by atoms with van der Waals surface area (Å²) in [5, 5.41) is 12.6. The van der Waals surface area contributed by atoms with Gasteiger partial charge in [0.1, 0.15) is 0 Å². The quantitative estimate of drug-likeness (QED) is 0.779. The highest BCUT2D eigenvalue weighted by atomic mass is 16.3. The van der Waals surface area contributed by atoms with Crippen LogP contribution in [0.15, 0.2) is 43.0 Å². The van der Waals surface area contributed by atoms with Crippen molar-refractivity contribution < 1.29 is 9.90 Å². The first-order chi connectivity index (χ1) is 10.2. The Kier molecular flexibility index (Phi) is 4.01. The molecule has 0 aliphatic heterocycles. The molecular weight excluding hydrogens is 266 g/mol. The Labute approximate surface area is 123 Å². The molecule has 110 valence electrons. The van der Waals surface area contributed by atoms with Crippen molar-refractivity contribution in [2.24, 2.45) is 5.92 Å². The average Bonchev–Trinajstić information content (AvgIpc) is 2.98. The summed E-state index contributed by atoms with van der Waals surface area (Å²) in [6, 6.07) is 5.72. The van der Waals surface area contributed by atoms with Gasteiger partial charge >= 0.3 is 0 Å². The SMILES string of the molecule is O=C(N[C@H](Cc1ccncc1)C1CC(O)C1)c1cc[nH]c1. The van der Waals surface area contributed by atoms with Crippen LogP contribution >= 0.6 is 0 Å². The van der Waals surface area contributed by atoms with Crippen LogP contribution < -0.4 is 5.32 Å². The summed E-state index contributed by atoms with van der Waals surface area (Å²) in [5.41, 5.74) is 1.78. The van der Waals surface area contributed by atoms with Gasteiger partial charge in [-0.15, -0.1) is 0 Å². The van der Waals surface area contributed by atoms with Crippen molar-refractivity contribution in [1.82, 2.24) is 15.3 Å². The highest BCUT2D eigenvalue weighted by Gasteiger charge is 2.34. The molecule has 3 N–H and O–H groups in total. The maximum absolute atomic E-state index is 12.2. The zero-order valence-corrected chi connectivity index (χ0v) is 11.7. The normalized spacial score (nSPS) is 22.3. The van der Waals surface area contributed by atoms with Crippen LogP contribution in [0.5, 0.6) is 0 Å². The molecule has 0 radical (unpaired) electrons. The predicted octanol–water partition coefficient (Wildman–Crippen LogP) is 1.52. The van der Waals surface area contributed by atoms with Gasteiger partial charge in [-0.3, -0.25) is 9.78 Å². The minimum atomic E-state index is -0.223. The molecule has 1 fully saturated rings. The number of nitrogens with zero attached hydrogens (tertiary/aromatic N) is 1. The van der Waals surface area contributed by atoms with Crippen molar-refractivity contribution in [1.29, 1.82) is 0 Å². The van der Waals surface area contributed by atoms with E-state index in [2.05, 4.69) is 15.3 Å². The number of H-pyrrole nitrogens is 1. The number of aromatic amines is 1. The number of rotatable bonds is 5. The monoisotopic (exact) mass is 285 g/mol. The zero-order valence-electron chi connectivity index (χ0n) is 11.7. The molecule has 0 spiro atoms. The lowest BCUT2D eigenvalue weighted by Gasteiger charge is -2.38. The number of nitrogens with one attached hydrogen (secondary N) is 2. The number of hydrogen-bond donors (Lipinski definition) is 3. The lowest BCUT2D eigenvalue weighted by molar-refractivity contribution is 0.0239. The van der Waals surface area contributed by atoms with E-state index in [9.17, 15) is 9.90 Å². The van der Waals surface area contributed by atoms with Gasteiger partial charge in [-0.2, -0.15) is 0 Å². The molecule has 2 aromatic rings. The Hall–Kier alpha value is -2.14. The standard InChI is InChI=1S/C16H19N3O2/c20-14-8-13(9-14)15(7-11-1-4-17-5-2-11)19-16(21)12-3-6-18-10-12/h1-6,10,13-15,18,20H,7-9H2,(H,19,21)/t13?,14?,15-/m1/s1. The molecule has 21 heavy (non-hydrogen) atoms. The van der Waals surface area contributed by atoms with Crippen molar-refractivity contribution in [3.05, 3.63) is 54.1 Å². The summed E-state index contributed by atoms with van der Waals surface area (Å²) in [4.78, 5) is 19.1. The number of hydrogen-bond acceptors (Lipinski definition) is 3. The Bertz CT molecular complexity index is 577. The summed E-state index contributed by atoms with van der Waals surface area (Å²) >= 11 is 0. The molecule has 0 saturated heterocycles. The van der Waals surface area contributed by atoms with Gasteiger partial charge in [0.15, 0.2) is 0 Å². The van der Waals surface area contributed by atoms with Crippen LogP contribution in [0, 0.1) is 5.92 Å². The van der Waals surface area contributed by atoms with Crippen LogP contribution in [-0.2, 0) is 6.42 Å². The Morgan fingerprint density at radius 3 is 2.76 bits per heavy atom. The molecule has 2 heterocycles. The van der Waals surface area contributed by atoms with Crippen LogP contribution in [0.25, 0.3) is 0 Å². The number of carbonyl (C=O) groups is 1. The smallest absolute Gasteiger partial charge is 0.253 e. The van der Waals surface area contributed by atoms with E-state index in [0.29, 0.717) is 11.5 Å². The van der Waals surface area contributed by atoms with Gasteiger partial charge in [0.2, 0.25) is 0 Å².